The van der Waals surface area contributed by atoms with E-state index in [2.05, 4.69) is 5.32 Å². The minimum atomic E-state index is -1.02. The first-order valence-corrected chi connectivity index (χ1v) is 7.47. The van der Waals surface area contributed by atoms with Crippen LogP contribution in [-0.4, -0.2) is 31.0 Å². The number of anilines is 1. The normalized spacial score (nSPS) is 11.3. The molecule has 7 heteroatoms. The smallest absolute Gasteiger partial charge is 0.342 e. The highest BCUT2D eigenvalue weighted by atomic mass is 16.5. The van der Waals surface area contributed by atoms with E-state index in [1.165, 1.54) is 38.3 Å². The molecule has 0 aliphatic rings. The van der Waals surface area contributed by atoms with Gasteiger partial charge in [0.2, 0.25) is 5.91 Å². The van der Waals surface area contributed by atoms with Crippen molar-refractivity contribution in [2.45, 2.75) is 13.0 Å². The predicted molar refractivity (Wildman–Crippen MR) is 91.5 cm³/mol. The molecule has 25 heavy (non-hydrogen) atoms. The molecule has 0 saturated heterocycles. The summed E-state index contributed by atoms with van der Waals surface area (Å²) in [6, 6.07) is 12.6. The summed E-state index contributed by atoms with van der Waals surface area (Å²) in [5, 5.41) is 2.59. The number of nitrogens with two attached hydrogens (primary N) is 1. The van der Waals surface area contributed by atoms with Crippen LogP contribution in [0.25, 0.3) is 0 Å². The third kappa shape index (κ3) is 4.57. The number of primary amides is 1. The van der Waals surface area contributed by atoms with Gasteiger partial charge in [-0.2, -0.15) is 0 Å². The molecule has 0 aliphatic carbocycles. The zero-order chi connectivity index (χ0) is 18.4. The third-order valence-electron chi connectivity index (χ3n) is 3.42. The van der Waals surface area contributed by atoms with Crippen molar-refractivity contribution in [3.8, 4) is 5.75 Å². The second-order valence-electron chi connectivity index (χ2n) is 5.18. The van der Waals surface area contributed by atoms with Crippen LogP contribution < -0.4 is 15.8 Å². The van der Waals surface area contributed by atoms with Gasteiger partial charge >= 0.3 is 5.97 Å². The number of para-hydroxylation sites is 1. The monoisotopic (exact) mass is 342 g/mol. The predicted octanol–water partition coefficient (Wildman–Crippen LogP) is 1.98. The first-order valence-electron chi connectivity index (χ1n) is 7.47. The molecule has 0 saturated carbocycles. The van der Waals surface area contributed by atoms with Crippen LogP contribution in [0.2, 0.25) is 0 Å². The first-order chi connectivity index (χ1) is 11.9. The standard InChI is InChI=1S/C18H18N2O5/c1-11(25-18(23)14-5-3-4-6-15(14)24-2)17(22)20-13-9-7-12(8-10-13)16(19)21/h3-11H,1-2H3,(H2,19,21)(H,20,22)/t11-/m0/s1. The number of amides is 2. The number of carbonyl (C=O) groups excluding carboxylic acids is 3. The third-order valence-corrected chi connectivity index (χ3v) is 3.42. The molecule has 2 amide bonds. The van der Waals surface area contributed by atoms with Gasteiger partial charge in [0.15, 0.2) is 6.10 Å². The molecule has 2 aromatic rings. The molecule has 0 spiro atoms. The number of nitrogens with one attached hydrogen (secondary N) is 1. The molecule has 0 aromatic heterocycles. The Kier molecular flexibility index (Phi) is 5.73. The molecular formula is C18H18N2O5. The van der Waals surface area contributed by atoms with Gasteiger partial charge in [0.1, 0.15) is 11.3 Å². The Morgan fingerprint density at radius 1 is 1.04 bits per heavy atom. The van der Waals surface area contributed by atoms with Gasteiger partial charge in [-0.1, -0.05) is 12.1 Å². The van der Waals surface area contributed by atoms with Gasteiger partial charge in [-0.15, -0.1) is 0 Å². The van der Waals surface area contributed by atoms with Crippen molar-refractivity contribution in [1.29, 1.82) is 0 Å². The summed E-state index contributed by atoms with van der Waals surface area (Å²) in [5.41, 5.74) is 6.17. The molecule has 0 aliphatic heterocycles. The number of hydrogen-bond donors (Lipinski definition) is 2. The van der Waals surface area contributed by atoms with Gasteiger partial charge in [-0.3, -0.25) is 9.59 Å². The largest absolute Gasteiger partial charge is 0.496 e. The van der Waals surface area contributed by atoms with E-state index in [9.17, 15) is 14.4 Å². The molecule has 130 valence electrons. The fraction of sp³-hybridized carbons (Fsp3) is 0.167. The molecule has 0 heterocycles. The van der Waals surface area contributed by atoms with Gasteiger partial charge in [-0.05, 0) is 43.3 Å². The van der Waals surface area contributed by atoms with Crippen molar-refractivity contribution in [1.82, 2.24) is 0 Å². The number of methoxy groups -OCH3 is 1. The van der Waals surface area contributed by atoms with E-state index in [0.29, 0.717) is 17.0 Å². The minimum Gasteiger partial charge on any atom is -0.496 e. The topological polar surface area (TPSA) is 108 Å². The quantitative estimate of drug-likeness (QED) is 0.781. The Balaban J connectivity index is 2.00. The van der Waals surface area contributed by atoms with E-state index < -0.39 is 23.9 Å². The molecule has 1 atom stereocenters. The van der Waals surface area contributed by atoms with Crippen LogP contribution in [0.1, 0.15) is 27.6 Å². The molecule has 0 radical (unpaired) electrons. The van der Waals surface area contributed by atoms with Crippen LogP contribution in [0.15, 0.2) is 48.5 Å². The fourth-order valence-corrected chi connectivity index (χ4v) is 2.05. The lowest BCUT2D eigenvalue weighted by atomic mass is 10.2. The maximum atomic E-state index is 12.2. The van der Waals surface area contributed by atoms with Crippen LogP contribution in [0.3, 0.4) is 0 Å². The van der Waals surface area contributed by atoms with Crippen LogP contribution in [0.4, 0.5) is 5.69 Å². The Hall–Kier alpha value is -3.35. The lowest BCUT2D eigenvalue weighted by Gasteiger charge is -2.14. The second-order valence-corrected chi connectivity index (χ2v) is 5.18. The van der Waals surface area contributed by atoms with Crippen LogP contribution in [0, 0.1) is 0 Å². The van der Waals surface area contributed by atoms with Gasteiger partial charge in [0, 0.05) is 11.3 Å². The summed E-state index contributed by atoms with van der Waals surface area (Å²) in [5.74, 6) is -1.36. The summed E-state index contributed by atoms with van der Waals surface area (Å²) < 4.78 is 10.3. The van der Waals surface area contributed by atoms with Crippen LogP contribution >= 0.6 is 0 Å². The minimum absolute atomic E-state index is 0.232. The zero-order valence-corrected chi connectivity index (χ0v) is 13.8. The van der Waals surface area contributed by atoms with Crippen LogP contribution in [0.5, 0.6) is 5.75 Å². The summed E-state index contributed by atoms with van der Waals surface area (Å²) in [6.45, 7) is 1.46. The van der Waals surface area contributed by atoms with Gasteiger partial charge in [0.25, 0.3) is 5.91 Å². The average Bonchev–Trinajstić information content (AvgIpc) is 2.61. The number of ether oxygens (including phenoxy) is 2. The van der Waals surface area contributed by atoms with Crippen molar-refractivity contribution >= 4 is 23.5 Å². The molecular weight excluding hydrogens is 324 g/mol. The molecule has 3 N–H and O–H groups in total. The molecule has 7 nitrogen and oxygen atoms in total. The van der Waals surface area contributed by atoms with E-state index in [4.69, 9.17) is 15.2 Å². The fourth-order valence-electron chi connectivity index (χ4n) is 2.05. The summed E-state index contributed by atoms with van der Waals surface area (Å²) in [4.78, 5) is 35.3. The lowest BCUT2D eigenvalue weighted by Crippen LogP contribution is -2.30. The van der Waals surface area contributed by atoms with Gasteiger partial charge < -0.3 is 20.5 Å². The number of esters is 1. The van der Waals surface area contributed by atoms with Crippen LogP contribution in [-0.2, 0) is 9.53 Å². The van der Waals surface area contributed by atoms with E-state index in [1.54, 1.807) is 24.3 Å². The zero-order valence-electron chi connectivity index (χ0n) is 13.8. The van der Waals surface area contributed by atoms with Crippen molar-refractivity contribution in [3.63, 3.8) is 0 Å². The summed E-state index contributed by atoms with van der Waals surface area (Å²) in [7, 11) is 1.44. The summed E-state index contributed by atoms with van der Waals surface area (Å²) >= 11 is 0. The number of rotatable bonds is 6. The van der Waals surface area contributed by atoms with Gasteiger partial charge in [-0.25, -0.2) is 4.79 Å². The average molecular weight is 342 g/mol. The molecule has 0 fully saturated rings. The van der Waals surface area contributed by atoms with Crippen molar-refractivity contribution in [2.75, 3.05) is 12.4 Å². The van der Waals surface area contributed by atoms with E-state index in [-0.39, 0.29) is 5.56 Å². The SMILES string of the molecule is COc1ccccc1C(=O)O[C@@H](C)C(=O)Nc1ccc(C(N)=O)cc1. The Morgan fingerprint density at radius 2 is 1.68 bits per heavy atom. The van der Waals surface area contributed by atoms with E-state index in [1.807, 2.05) is 0 Å². The second kappa shape index (κ2) is 7.96. The lowest BCUT2D eigenvalue weighted by molar-refractivity contribution is -0.123. The van der Waals surface area contributed by atoms with Crippen molar-refractivity contribution in [2.24, 2.45) is 5.73 Å². The Morgan fingerprint density at radius 3 is 2.28 bits per heavy atom. The Labute approximate surface area is 144 Å². The summed E-state index contributed by atoms with van der Waals surface area (Å²) in [6.07, 6.45) is -1.02. The molecule has 0 bridgehead atoms. The number of benzene rings is 2. The van der Waals surface area contributed by atoms with E-state index >= 15 is 0 Å². The maximum absolute atomic E-state index is 12.2. The Bertz CT molecular complexity index is 786. The highest BCUT2D eigenvalue weighted by Crippen LogP contribution is 2.19. The first kappa shape index (κ1) is 18.0. The number of hydrogen-bond acceptors (Lipinski definition) is 5. The molecule has 2 aromatic carbocycles. The van der Waals surface area contributed by atoms with E-state index in [0.717, 1.165) is 0 Å². The highest BCUT2D eigenvalue weighted by molar-refractivity contribution is 5.99. The van der Waals surface area contributed by atoms with Crippen molar-refractivity contribution in [3.05, 3.63) is 59.7 Å². The number of carbonyl (C=O) groups is 3. The van der Waals surface area contributed by atoms with Gasteiger partial charge in [0.05, 0.1) is 7.11 Å². The van der Waals surface area contributed by atoms with Crippen molar-refractivity contribution < 1.29 is 23.9 Å². The highest BCUT2D eigenvalue weighted by Gasteiger charge is 2.21. The molecule has 2 rings (SSSR count). The maximum Gasteiger partial charge on any atom is 0.342 e. The molecule has 0 unspecified atom stereocenters.